The molecule has 0 bridgehead atoms. The van der Waals surface area contributed by atoms with Crippen LogP contribution in [0.1, 0.15) is 32.6 Å². The monoisotopic (exact) mass is 282 g/mol. The minimum absolute atomic E-state index is 0.0225. The Morgan fingerprint density at radius 3 is 2.60 bits per heavy atom. The Labute approximate surface area is 118 Å². The van der Waals surface area contributed by atoms with Crippen molar-refractivity contribution in [1.82, 2.24) is 20.9 Å². The number of imide groups is 1. The fourth-order valence-corrected chi connectivity index (χ4v) is 2.64. The molecule has 7 nitrogen and oxygen atoms in total. The number of hydrogen-bond acceptors (Lipinski definition) is 4. The molecule has 0 aromatic carbocycles. The van der Waals surface area contributed by atoms with Crippen molar-refractivity contribution in [2.24, 2.45) is 0 Å². The van der Waals surface area contributed by atoms with Gasteiger partial charge in [-0.3, -0.25) is 19.8 Å². The predicted octanol–water partition coefficient (Wildman–Crippen LogP) is -0.423. The molecular formula is C13H22N4O3. The van der Waals surface area contributed by atoms with E-state index in [4.69, 9.17) is 0 Å². The smallest absolute Gasteiger partial charge is 0.322 e. The second-order valence-electron chi connectivity index (χ2n) is 5.47. The highest BCUT2D eigenvalue weighted by molar-refractivity contribution is 6.07. The van der Waals surface area contributed by atoms with Gasteiger partial charge in [-0.05, 0) is 19.3 Å². The van der Waals surface area contributed by atoms with Crippen LogP contribution in [0.25, 0.3) is 0 Å². The van der Waals surface area contributed by atoms with Crippen LogP contribution in [0.4, 0.5) is 4.79 Å². The van der Waals surface area contributed by atoms with Gasteiger partial charge in [-0.25, -0.2) is 4.79 Å². The SMILES string of the molecule is CCCCNC(=O)CN1CCC2(CC1)NC(=O)NC2=O. The van der Waals surface area contributed by atoms with Crippen molar-refractivity contribution in [3.63, 3.8) is 0 Å². The maximum absolute atomic E-state index is 11.8. The molecule has 112 valence electrons. The van der Waals surface area contributed by atoms with E-state index >= 15 is 0 Å². The Morgan fingerprint density at radius 1 is 1.35 bits per heavy atom. The Bertz CT molecular complexity index is 402. The van der Waals surface area contributed by atoms with E-state index in [0.29, 0.717) is 39.0 Å². The molecule has 2 heterocycles. The molecule has 2 rings (SSSR count). The van der Waals surface area contributed by atoms with Crippen molar-refractivity contribution in [3.05, 3.63) is 0 Å². The van der Waals surface area contributed by atoms with Crippen molar-refractivity contribution >= 4 is 17.8 Å². The van der Waals surface area contributed by atoms with E-state index in [1.54, 1.807) is 0 Å². The molecule has 2 aliphatic heterocycles. The molecule has 3 N–H and O–H groups in total. The van der Waals surface area contributed by atoms with Crippen LogP contribution < -0.4 is 16.0 Å². The molecule has 0 aliphatic carbocycles. The molecule has 0 atom stereocenters. The minimum atomic E-state index is -0.758. The third kappa shape index (κ3) is 3.27. The second-order valence-corrected chi connectivity index (χ2v) is 5.47. The fraction of sp³-hybridized carbons (Fsp3) is 0.769. The first kappa shape index (κ1) is 14.8. The van der Waals surface area contributed by atoms with Crippen LogP contribution in [-0.2, 0) is 9.59 Å². The largest absolute Gasteiger partial charge is 0.355 e. The van der Waals surface area contributed by atoms with Crippen molar-refractivity contribution in [2.75, 3.05) is 26.2 Å². The Hall–Kier alpha value is -1.63. The molecule has 4 amide bonds. The number of amides is 4. The van der Waals surface area contributed by atoms with Gasteiger partial charge < -0.3 is 10.6 Å². The zero-order chi connectivity index (χ0) is 14.6. The lowest BCUT2D eigenvalue weighted by Gasteiger charge is -2.36. The van der Waals surface area contributed by atoms with E-state index in [0.717, 1.165) is 12.8 Å². The molecule has 2 fully saturated rings. The zero-order valence-electron chi connectivity index (χ0n) is 11.8. The van der Waals surface area contributed by atoms with E-state index < -0.39 is 11.6 Å². The average Bonchev–Trinajstić information content (AvgIpc) is 2.67. The summed E-state index contributed by atoms with van der Waals surface area (Å²) in [6.07, 6.45) is 3.14. The number of unbranched alkanes of at least 4 members (excludes halogenated alkanes) is 1. The topological polar surface area (TPSA) is 90.5 Å². The van der Waals surface area contributed by atoms with Crippen LogP contribution >= 0.6 is 0 Å². The summed E-state index contributed by atoms with van der Waals surface area (Å²) >= 11 is 0. The summed E-state index contributed by atoms with van der Waals surface area (Å²) < 4.78 is 0. The first-order chi connectivity index (χ1) is 9.55. The summed E-state index contributed by atoms with van der Waals surface area (Å²) in [5.41, 5.74) is -0.758. The van der Waals surface area contributed by atoms with Gasteiger partial charge in [-0.1, -0.05) is 13.3 Å². The summed E-state index contributed by atoms with van der Waals surface area (Å²) in [7, 11) is 0. The lowest BCUT2D eigenvalue weighted by Crippen LogP contribution is -2.55. The van der Waals surface area contributed by atoms with Gasteiger partial charge in [-0.2, -0.15) is 0 Å². The van der Waals surface area contributed by atoms with Gasteiger partial charge in [0.25, 0.3) is 5.91 Å². The van der Waals surface area contributed by atoms with Gasteiger partial charge in [0.2, 0.25) is 5.91 Å². The van der Waals surface area contributed by atoms with Crippen molar-refractivity contribution < 1.29 is 14.4 Å². The maximum Gasteiger partial charge on any atom is 0.322 e. The molecule has 0 radical (unpaired) electrons. The van der Waals surface area contributed by atoms with Crippen LogP contribution in [-0.4, -0.2) is 54.5 Å². The number of carbonyl (C=O) groups excluding carboxylic acids is 3. The van der Waals surface area contributed by atoms with E-state index in [9.17, 15) is 14.4 Å². The lowest BCUT2D eigenvalue weighted by atomic mass is 9.88. The molecule has 0 aromatic rings. The molecule has 7 heteroatoms. The molecule has 0 unspecified atom stereocenters. The Balaban J connectivity index is 1.76. The zero-order valence-corrected chi connectivity index (χ0v) is 11.8. The number of likely N-dealkylation sites (tertiary alicyclic amines) is 1. The van der Waals surface area contributed by atoms with Crippen LogP contribution in [0, 0.1) is 0 Å². The van der Waals surface area contributed by atoms with E-state index in [1.165, 1.54) is 0 Å². The number of urea groups is 1. The quantitative estimate of drug-likeness (QED) is 0.472. The normalized spacial score (nSPS) is 21.6. The van der Waals surface area contributed by atoms with Gasteiger partial charge in [-0.15, -0.1) is 0 Å². The van der Waals surface area contributed by atoms with E-state index in [1.807, 2.05) is 4.90 Å². The van der Waals surface area contributed by atoms with Crippen molar-refractivity contribution in [2.45, 2.75) is 38.1 Å². The first-order valence-corrected chi connectivity index (χ1v) is 7.18. The standard InChI is InChI=1S/C13H22N4O3/c1-2-3-6-14-10(18)9-17-7-4-13(5-8-17)11(19)15-12(20)16-13/h2-9H2,1H3,(H,14,18)(H2,15,16,19,20). The van der Waals surface area contributed by atoms with Crippen LogP contribution in [0.5, 0.6) is 0 Å². The lowest BCUT2D eigenvalue weighted by molar-refractivity contribution is -0.126. The number of nitrogens with zero attached hydrogens (tertiary/aromatic N) is 1. The molecular weight excluding hydrogens is 260 g/mol. The van der Waals surface area contributed by atoms with Crippen LogP contribution in [0.3, 0.4) is 0 Å². The number of hydrogen-bond donors (Lipinski definition) is 3. The molecule has 0 saturated carbocycles. The third-order valence-electron chi connectivity index (χ3n) is 3.94. The summed E-state index contributed by atoms with van der Waals surface area (Å²) in [4.78, 5) is 36.7. The average molecular weight is 282 g/mol. The summed E-state index contributed by atoms with van der Waals surface area (Å²) in [6, 6.07) is -0.416. The Morgan fingerprint density at radius 2 is 2.05 bits per heavy atom. The van der Waals surface area contributed by atoms with E-state index in [-0.39, 0.29) is 11.8 Å². The van der Waals surface area contributed by atoms with Gasteiger partial charge in [0.15, 0.2) is 0 Å². The van der Waals surface area contributed by atoms with Crippen molar-refractivity contribution in [1.29, 1.82) is 0 Å². The van der Waals surface area contributed by atoms with Gasteiger partial charge in [0, 0.05) is 19.6 Å². The fourth-order valence-electron chi connectivity index (χ4n) is 2.64. The van der Waals surface area contributed by atoms with Gasteiger partial charge >= 0.3 is 6.03 Å². The minimum Gasteiger partial charge on any atom is -0.355 e. The molecule has 2 aliphatic rings. The second kappa shape index (κ2) is 6.21. The number of carbonyl (C=O) groups is 3. The predicted molar refractivity (Wildman–Crippen MR) is 73.0 cm³/mol. The number of nitrogens with one attached hydrogen (secondary N) is 3. The molecule has 20 heavy (non-hydrogen) atoms. The first-order valence-electron chi connectivity index (χ1n) is 7.18. The number of piperidine rings is 1. The highest BCUT2D eigenvalue weighted by Crippen LogP contribution is 2.25. The molecule has 1 spiro atoms. The van der Waals surface area contributed by atoms with Gasteiger partial charge in [0.1, 0.15) is 5.54 Å². The highest BCUT2D eigenvalue weighted by Gasteiger charge is 2.47. The number of rotatable bonds is 5. The van der Waals surface area contributed by atoms with Crippen LogP contribution in [0.2, 0.25) is 0 Å². The third-order valence-corrected chi connectivity index (χ3v) is 3.94. The van der Waals surface area contributed by atoms with E-state index in [2.05, 4.69) is 22.9 Å². The summed E-state index contributed by atoms with van der Waals surface area (Å²) in [6.45, 7) is 4.42. The summed E-state index contributed by atoms with van der Waals surface area (Å²) in [5.74, 6) is -0.219. The van der Waals surface area contributed by atoms with Gasteiger partial charge in [0.05, 0.1) is 6.54 Å². The maximum atomic E-state index is 11.8. The molecule has 2 saturated heterocycles. The highest BCUT2D eigenvalue weighted by atomic mass is 16.2. The van der Waals surface area contributed by atoms with Crippen molar-refractivity contribution in [3.8, 4) is 0 Å². The van der Waals surface area contributed by atoms with Crippen LogP contribution in [0.15, 0.2) is 0 Å². The Kier molecular flexibility index (Phi) is 4.59. The summed E-state index contributed by atoms with van der Waals surface area (Å²) in [5, 5.41) is 7.87. The molecule has 0 aromatic heterocycles.